The third-order valence-corrected chi connectivity index (χ3v) is 2.37. The normalized spacial score (nSPS) is 10.2. The summed E-state index contributed by atoms with van der Waals surface area (Å²) >= 11 is 5.61. The van der Waals surface area contributed by atoms with Gasteiger partial charge < -0.3 is 10.4 Å². The topological polar surface area (TPSA) is 49.3 Å². The summed E-state index contributed by atoms with van der Waals surface area (Å²) in [6, 6.07) is 2.06. The summed E-state index contributed by atoms with van der Waals surface area (Å²) in [5, 5.41) is 11.5. The second-order valence-corrected chi connectivity index (χ2v) is 3.84. The quantitative estimate of drug-likeness (QED) is 0.800. The molecule has 1 rings (SSSR count). The van der Waals surface area contributed by atoms with E-state index in [1.54, 1.807) is 0 Å². The summed E-state index contributed by atoms with van der Waals surface area (Å²) in [5.41, 5.74) is -0.0103. The van der Waals surface area contributed by atoms with Crippen LogP contribution in [0.5, 0.6) is 5.75 Å². The lowest BCUT2D eigenvalue weighted by Crippen LogP contribution is -2.12. The highest BCUT2D eigenvalue weighted by molar-refractivity contribution is 6.32. The van der Waals surface area contributed by atoms with Crippen LogP contribution in [-0.4, -0.2) is 11.0 Å². The van der Waals surface area contributed by atoms with Crippen molar-refractivity contribution in [3.63, 3.8) is 0 Å². The second-order valence-electron chi connectivity index (χ2n) is 3.44. The molecule has 2 N–H and O–H groups in total. The zero-order chi connectivity index (χ0) is 12.1. The molecule has 0 aliphatic rings. The van der Waals surface area contributed by atoms with Gasteiger partial charge in [0.2, 0.25) is 5.91 Å². The van der Waals surface area contributed by atoms with E-state index in [1.807, 2.05) is 6.92 Å². The summed E-state index contributed by atoms with van der Waals surface area (Å²) in [7, 11) is 0. The number of anilines is 1. The molecule has 0 atom stereocenters. The van der Waals surface area contributed by atoms with Crippen LogP contribution in [0.1, 0.15) is 26.2 Å². The average molecular weight is 246 g/mol. The van der Waals surface area contributed by atoms with Gasteiger partial charge in [0.15, 0.2) is 0 Å². The van der Waals surface area contributed by atoms with Crippen molar-refractivity contribution in [1.29, 1.82) is 0 Å². The van der Waals surface area contributed by atoms with E-state index in [0.29, 0.717) is 6.42 Å². The molecule has 0 unspecified atom stereocenters. The minimum atomic E-state index is -0.702. The maximum Gasteiger partial charge on any atom is 0.224 e. The zero-order valence-electron chi connectivity index (χ0n) is 8.89. The number of hydrogen-bond acceptors (Lipinski definition) is 2. The summed E-state index contributed by atoms with van der Waals surface area (Å²) in [5.74, 6) is -1.31. The van der Waals surface area contributed by atoms with Gasteiger partial charge in [-0.05, 0) is 12.5 Å². The molecule has 0 bridgehead atoms. The van der Waals surface area contributed by atoms with Crippen molar-refractivity contribution in [3.05, 3.63) is 23.0 Å². The first-order valence-electron chi connectivity index (χ1n) is 5.02. The standard InChI is InChI=1S/C11H13ClFNO2/c1-2-3-4-11(16)14-9-5-7(12)10(15)6-8(9)13/h5-6,15H,2-4H2,1H3,(H,14,16). The molecule has 0 fully saturated rings. The lowest BCUT2D eigenvalue weighted by atomic mass is 10.2. The predicted molar refractivity (Wildman–Crippen MR) is 61.2 cm³/mol. The maximum atomic E-state index is 13.3. The predicted octanol–water partition coefficient (Wildman–Crippen LogP) is 3.31. The van der Waals surface area contributed by atoms with Crippen LogP contribution in [0.15, 0.2) is 12.1 Å². The molecule has 3 nitrogen and oxygen atoms in total. The van der Waals surface area contributed by atoms with Gasteiger partial charge in [-0.1, -0.05) is 24.9 Å². The van der Waals surface area contributed by atoms with Crippen molar-refractivity contribution in [2.24, 2.45) is 0 Å². The van der Waals surface area contributed by atoms with Crippen LogP contribution < -0.4 is 5.32 Å². The van der Waals surface area contributed by atoms with Gasteiger partial charge in [-0.3, -0.25) is 4.79 Å². The second kappa shape index (κ2) is 5.70. The van der Waals surface area contributed by atoms with Crippen molar-refractivity contribution in [1.82, 2.24) is 0 Å². The summed E-state index contributed by atoms with van der Waals surface area (Å²) in [4.78, 5) is 11.3. The fourth-order valence-electron chi connectivity index (χ4n) is 1.18. The highest BCUT2D eigenvalue weighted by atomic mass is 35.5. The van der Waals surface area contributed by atoms with Crippen LogP contribution >= 0.6 is 11.6 Å². The Bertz CT molecular complexity index is 396. The molecule has 88 valence electrons. The first-order chi connectivity index (χ1) is 7.54. The van der Waals surface area contributed by atoms with Crippen LogP contribution in [0.4, 0.5) is 10.1 Å². The Morgan fingerprint density at radius 3 is 2.88 bits per heavy atom. The van der Waals surface area contributed by atoms with E-state index in [-0.39, 0.29) is 22.4 Å². The van der Waals surface area contributed by atoms with E-state index in [9.17, 15) is 9.18 Å². The molecule has 0 saturated carbocycles. The molecule has 5 heteroatoms. The molecule has 1 aromatic rings. The van der Waals surface area contributed by atoms with Crippen molar-refractivity contribution >= 4 is 23.2 Å². The van der Waals surface area contributed by atoms with E-state index in [0.717, 1.165) is 18.9 Å². The third-order valence-electron chi connectivity index (χ3n) is 2.07. The molecular weight excluding hydrogens is 233 g/mol. The Kier molecular flexibility index (Phi) is 4.55. The van der Waals surface area contributed by atoms with Gasteiger partial charge in [0.25, 0.3) is 0 Å². The monoisotopic (exact) mass is 245 g/mol. The van der Waals surface area contributed by atoms with E-state index in [4.69, 9.17) is 16.7 Å². The van der Waals surface area contributed by atoms with Gasteiger partial charge in [-0.15, -0.1) is 0 Å². The summed E-state index contributed by atoms with van der Waals surface area (Å²) < 4.78 is 13.3. The highest BCUT2D eigenvalue weighted by Gasteiger charge is 2.10. The van der Waals surface area contributed by atoms with E-state index in [2.05, 4.69) is 5.32 Å². The molecular formula is C11H13ClFNO2. The smallest absolute Gasteiger partial charge is 0.224 e. The van der Waals surface area contributed by atoms with Gasteiger partial charge in [-0.25, -0.2) is 4.39 Å². The van der Waals surface area contributed by atoms with E-state index >= 15 is 0 Å². The molecule has 0 heterocycles. The van der Waals surface area contributed by atoms with E-state index < -0.39 is 5.82 Å². The number of nitrogens with one attached hydrogen (secondary N) is 1. The highest BCUT2D eigenvalue weighted by Crippen LogP contribution is 2.29. The molecule has 1 amide bonds. The van der Waals surface area contributed by atoms with Gasteiger partial charge >= 0.3 is 0 Å². The first-order valence-corrected chi connectivity index (χ1v) is 5.40. The minimum absolute atomic E-state index is 0.00666. The number of phenols is 1. The average Bonchev–Trinajstić information content (AvgIpc) is 2.23. The summed E-state index contributed by atoms with van der Waals surface area (Å²) in [6.07, 6.45) is 1.99. The van der Waals surface area contributed by atoms with E-state index in [1.165, 1.54) is 6.07 Å². The molecule has 16 heavy (non-hydrogen) atoms. The number of rotatable bonds is 4. The van der Waals surface area contributed by atoms with Crippen LogP contribution in [0.2, 0.25) is 5.02 Å². The Labute approximate surface area is 98.2 Å². The number of aromatic hydroxyl groups is 1. The first kappa shape index (κ1) is 12.8. The number of unbranched alkanes of at least 4 members (excludes halogenated alkanes) is 1. The maximum absolute atomic E-state index is 13.3. The lowest BCUT2D eigenvalue weighted by Gasteiger charge is -2.07. The summed E-state index contributed by atoms with van der Waals surface area (Å²) in [6.45, 7) is 1.96. The Morgan fingerprint density at radius 2 is 2.25 bits per heavy atom. The minimum Gasteiger partial charge on any atom is -0.506 e. The van der Waals surface area contributed by atoms with Crippen LogP contribution in [0, 0.1) is 5.82 Å². The molecule has 0 saturated heterocycles. The van der Waals surface area contributed by atoms with Crippen LogP contribution in [0.25, 0.3) is 0 Å². The van der Waals surface area contributed by atoms with Crippen molar-refractivity contribution < 1.29 is 14.3 Å². The van der Waals surface area contributed by atoms with Crippen molar-refractivity contribution in [2.75, 3.05) is 5.32 Å². The number of carbonyl (C=O) groups excluding carboxylic acids is 1. The number of hydrogen-bond donors (Lipinski definition) is 2. The van der Waals surface area contributed by atoms with Crippen molar-refractivity contribution in [3.8, 4) is 5.75 Å². The van der Waals surface area contributed by atoms with Gasteiger partial charge in [0.1, 0.15) is 11.6 Å². The number of halogens is 2. The fraction of sp³-hybridized carbons (Fsp3) is 0.364. The zero-order valence-corrected chi connectivity index (χ0v) is 9.64. The largest absolute Gasteiger partial charge is 0.506 e. The molecule has 0 spiro atoms. The Morgan fingerprint density at radius 1 is 1.56 bits per heavy atom. The SMILES string of the molecule is CCCCC(=O)Nc1cc(Cl)c(O)cc1F. The Balaban J connectivity index is 2.73. The van der Waals surface area contributed by atoms with Crippen LogP contribution in [-0.2, 0) is 4.79 Å². The molecule has 1 aromatic carbocycles. The molecule has 0 aliphatic heterocycles. The van der Waals surface area contributed by atoms with Crippen molar-refractivity contribution in [2.45, 2.75) is 26.2 Å². The number of amides is 1. The fourth-order valence-corrected chi connectivity index (χ4v) is 1.35. The third kappa shape index (κ3) is 3.38. The molecule has 0 aromatic heterocycles. The molecule has 0 radical (unpaired) electrons. The number of benzene rings is 1. The number of carbonyl (C=O) groups is 1. The lowest BCUT2D eigenvalue weighted by molar-refractivity contribution is -0.116. The van der Waals surface area contributed by atoms with Gasteiger partial charge in [0, 0.05) is 12.5 Å². The Hall–Kier alpha value is -1.29. The van der Waals surface area contributed by atoms with Gasteiger partial charge in [-0.2, -0.15) is 0 Å². The molecule has 0 aliphatic carbocycles. The number of phenolic OH excluding ortho intramolecular Hbond substituents is 1. The van der Waals surface area contributed by atoms with Crippen LogP contribution in [0.3, 0.4) is 0 Å². The van der Waals surface area contributed by atoms with Gasteiger partial charge in [0.05, 0.1) is 10.7 Å².